The second kappa shape index (κ2) is 6.39. The number of hydrogen-bond donors (Lipinski definition) is 1. The summed E-state index contributed by atoms with van der Waals surface area (Å²) in [5, 5.41) is 3.60. The van der Waals surface area contributed by atoms with E-state index in [2.05, 4.69) is 24.1 Å². The average molecular weight is 184 g/mol. The quantitative estimate of drug-likeness (QED) is 0.717. The van der Waals surface area contributed by atoms with Crippen molar-refractivity contribution in [3.8, 4) is 0 Å². The van der Waals surface area contributed by atoms with Gasteiger partial charge in [-0.1, -0.05) is 20.3 Å². The first-order valence-electron chi connectivity index (χ1n) is 5.82. The van der Waals surface area contributed by atoms with Gasteiger partial charge in [0.15, 0.2) is 0 Å². The molecule has 0 spiro atoms. The summed E-state index contributed by atoms with van der Waals surface area (Å²) < 4.78 is 0. The third kappa shape index (κ3) is 4.10. The summed E-state index contributed by atoms with van der Waals surface area (Å²) in [4.78, 5) is 2.62. The third-order valence-corrected chi connectivity index (χ3v) is 2.88. The van der Waals surface area contributed by atoms with E-state index in [1.165, 1.54) is 51.9 Å². The minimum atomic E-state index is 0.736. The molecule has 2 nitrogen and oxygen atoms in total. The van der Waals surface area contributed by atoms with Crippen LogP contribution < -0.4 is 5.32 Å². The molecule has 2 heteroatoms. The first-order valence-corrected chi connectivity index (χ1v) is 5.82. The lowest BCUT2D eigenvalue weighted by Crippen LogP contribution is -2.37. The van der Waals surface area contributed by atoms with E-state index in [1.807, 2.05) is 0 Å². The first kappa shape index (κ1) is 11.0. The second-order valence-corrected chi connectivity index (χ2v) is 4.07. The molecule has 0 aromatic heterocycles. The van der Waals surface area contributed by atoms with Crippen LogP contribution in [0.15, 0.2) is 0 Å². The fourth-order valence-corrected chi connectivity index (χ4v) is 1.93. The lowest BCUT2D eigenvalue weighted by atomic mass is 10.2. The molecule has 0 amide bonds. The third-order valence-electron chi connectivity index (χ3n) is 2.88. The van der Waals surface area contributed by atoms with Gasteiger partial charge in [-0.05, 0) is 38.9 Å². The number of rotatable bonds is 4. The van der Waals surface area contributed by atoms with Crippen LogP contribution in [0.4, 0.5) is 0 Å². The van der Waals surface area contributed by atoms with Crippen molar-refractivity contribution in [2.24, 2.45) is 0 Å². The van der Waals surface area contributed by atoms with E-state index < -0.39 is 0 Å². The molecule has 1 heterocycles. The van der Waals surface area contributed by atoms with Gasteiger partial charge in [0.1, 0.15) is 0 Å². The molecule has 0 aromatic carbocycles. The molecule has 1 aliphatic rings. The van der Waals surface area contributed by atoms with Crippen LogP contribution in [0.1, 0.15) is 39.5 Å². The molecule has 0 saturated carbocycles. The largest absolute Gasteiger partial charge is 0.313 e. The van der Waals surface area contributed by atoms with Gasteiger partial charge in [0.05, 0.1) is 0 Å². The fourth-order valence-electron chi connectivity index (χ4n) is 1.93. The Morgan fingerprint density at radius 1 is 1.38 bits per heavy atom. The maximum Gasteiger partial charge on any atom is 0.0192 e. The van der Waals surface area contributed by atoms with Crippen molar-refractivity contribution >= 4 is 0 Å². The van der Waals surface area contributed by atoms with Crippen LogP contribution in [0.25, 0.3) is 0 Å². The average Bonchev–Trinajstić information content (AvgIpc) is 2.39. The first-order chi connectivity index (χ1) is 6.36. The highest BCUT2D eigenvalue weighted by atomic mass is 15.2. The van der Waals surface area contributed by atoms with Gasteiger partial charge in [0.25, 0.3) is 0 Å². The van der Waals surface area contributed by atoms with Crippen molar-refractivity contribution in [3.63, 3.8) is 0 Å². The summed E-state index contributed by atoms with van der Waals surface area (Å²) in [6.45, 7) is 9.62. The van der Waals surface area contributed by atoms with Crippen molar-refractivity contribution in [2.45, 2.75) is 45.6 Å². The Balaban J connectivity index is 2.26. The maximum atomic E-state index is 3.60. The summed E-state index contributed by atoms with van der Waals surface area (Å²) in [5.41, 5.74) is 0. The molecule has 1 atom stereocenters. The predicted molar refractivity (Wildman–Crippen MR) is 58.0 cm³/mol. The number of unbranched alkanes of at least 4 members (excludes halogenated alkanes) is 1. The smallest absolute Gasteiger partial charge is 0.0192 e. The van der Waals surface area contributed by atoms with E-state index in [1.54, 1.807) is 0 Å². The highest BCUT2D eigenvalue weighted by Crippen LogP contribution is 2.04. The Labute approximate surface area is 82.7 Å². The molecule has 1 rings (SSSR count). The molecule has 1 aliphatic heterocycles. The molecule has 0 radical (unpaired) electrons. The molecule has 78 valence electrons. The zero-order valence-electron chi connectivity index (χ0n) is 9.18. The van der Waals surface area contributed by atoms with Crippen molar-refractivity contribution in [3.05, 3.63) is 0 Å². The Bertz CT molecular complexity index is 125. The van der Waals surface area contributed by atoms with E-state index in [4.69, 9.17) is 0 Å². The predicted octanol–water partition coefficient (Wildman–Crippen LogP) is 1.86. The molecule has 13 heavy (non-hydrogen) atoms. The Morgan fingerprint density at radius 3 is 2.92 bits per heavy atom. The molecule has 1 N–H and O–H groups in total. The zero-order chi connectivity index (χ0) is 9.52. The molecule has 0 aliphatic carbocycles. The molecule has 1 fully saturated rings. The maximum absolute atomic E-state index is 3.60. The standard InChI is InChI=1S/C11H24N2/c1-3-5-8-13-9-6-7-12-11(4-2)10-13/h11-12H,3-10H2,1-2H3. The molecular weight excluding hydrogens is 160 g/mol. The van der Waals surface area contributed by atoms with E-state index in [0.717, 1.165) is 6.04 Å². The molecule has 1 unspecified atom stereocenters. The van der Waals surface area contributed by atoms with E-state index in [9.17, 15) is 0 Å². The topological polar surface area (TPSA) is 15.3 Å². The second-order valence-electron chi connectivity index (χ2n) is 4.07. The van der Waals surface area contributed by atoms with Crippen molar-refractivity contribution in [1.82, 2.24) is 10.2 Å². The van der Waals surface area contributed by atoms with E-state index >= 15 is 0 Å². The van der Waals surface area contributed by atoms with Crippen molar-refractivity contribution in [1.29, 1.82) is 0 Å². The molecular formula is C11H24N2. The summed E-state index contributed by atoms with van der Waals surface area (Å²) in [6.07, 6.45) is 5.26. The lowest BCUT2D eigenvalue weighted by molar-refractivity contribution is 0.261. The van der Waals surface area contributed by atoms with Crippen LogP contribution in [0.2, 0.25) is 0 Å². The van der Waals surface area contributed by atoms with Crippen molar-refractivity contribution < 1.29 is 0 Å². The molecule has 0 bridgehead atoms. The monoisotopic (exact) mass is 184 g/mol. The summed E-state index contributed by atoms with van der Waals surface area (Å²) in [6, 6.07) is 0.736. The Morgan fingerprint density at radius 2 is 2.23 bits per heavy atom. The van der Waals surface area contributed by atoms with Crippen LogP contribution in [-0.4, -0.2) is 37.1 Å². The summed E-state index contributed by atoms with van der Waals surface area (Å²) >= 11 is 0. The van der Waals surface area contributed by atoms with Gasteiger partial charge >= 0.3 is 0 Å². The normalized spacial score (nSPS) is 25.8. The van der Waals surface area contributed by atoms with Crippen LogP contribution in [-0.2, 0) is 0 Å². The minimum Gasteiger partial charge on any atom is -0.313 e. The van der Waals surface area contributed by atoms with Gasteiger partial charge in [0, 0.05) is 12.6 Å². The number of nitrogens with zero attached hydrogens (tertiary/aromatic N) is 1. The van der Waals surface area contributed by atoms with Gasteiger partial charge in [-0.3, -0.25) is 0 Å². The molecule has 1 saturated heterocycles. The zero-order valence-corrected chi connectivity index (χ0v) is 9.18. The van der Waals surface area contributed by atoms with Gasteiger partial charge in [0.2, 0.25) is 0 Å². The fraction of sp³-hybridized carbons (Fsp3) is 1.00. The Kier molecular flexibility index (Phi) is 5.40. The van der Waals surface area contributed by atoms with Crippen LogP contribution in [0.5, 0.6) is 0 Å². The van der Waals surface area contributed by atoms with Crippen LogP contribution >= 0.6 is 0 Å². The van der Waals surface area contributed by atoms with Crippen LogP contribution in [0.3, 0.4) is 0 Å². The highest BCUT2D eigenvalue weighted by molar-refractivity contribution is 4.74. The van der Waals surface area contributed by atoms with Gasteiger partial charge in [-0.25, -0.2) is 0 Å². The minimum absolute atomic E-state index is 0.736. The van der Waals surface area contributed by atoms with Gasteiger partial charge in [-0.15, -0.1) is 0 Å². The van der Waals surface area contributed by atoms with E-state index in [0.29, 0.717) is 0 Å². The number of hydrogen-bond acceptors (Lipinski definition) is 2. The summed E-state index contributed by atoms with van der Waals surface area (Å²) in [7, 11) is 0. The van der Waals surface area contributed by atoms with E-state index in [-0.39, 0.29) is 0 Å². The van der Waals surface area contributed by atoms with Gasteiger partial charge < -0.3 is 10.2 Å². The highest BCUT2D eigenvalue weighted by Gasteiger charge is 2.14. The van der Waals surface area contributed by atoms with Crippen LogP contribution in [0, 0.1) is 0 Å². The summed E-state index contributed by atoms with van der Waals surface area (Å²) in [5.74, 6) is 0. The number of nitrogens with one attached hydrogen (secondary N) is 1. The SMILES string of the molecule is CCCCN1CCCNC(CC)C1. The lowest BCUT2D eigenvalue weighted by Gasteiger charge is -2.23. The molecule has 0 aromatic rings. The van der Waals surface area contributed by atoms with Crippen molar-refractivity contribution in [2.75, 3.05) is 26.2 Å². The Hall–Kier alpha value is -0.0800. The van der Waals surface area contributed by atoms with Gasteiger partial charge in [-0.2, -0.15) is 0 Å².